The third-order valence-electron chi connectivity index (χ3n) is 3.43. The Balaban J connectivity index is 1.93. The Morgan fingerprint density at radius 1 is 1.26 bits per heavy atom. The molecule has 0 aliphatic heterocycles. The third-order valence-corrected chi connectivity index (χ3v) is 4.33. The summed E-state index contributed by atoms with van der Waals surface area (Å²) in [5.41, 5.74) is 2.04. The van der Waals surface area contributed by atoms with Crippen molar-refractivity contribution in [2.24, 2.45) is 0 Å². The first-order valence-electron chi connectivity index (χ1n) is 6.82. The van der Waals surface area contributed by atoms with E-state index in [1.807, 2.05) is 25.1 Å². The molecule has 0 radical (unpaired) electrons. The average Bonchev–Trinajstić information content (AvgIpc) is 2.93. The molecule has 3 rings (SSSR count). The van der Waals surface area contributed by atoms with E-state index in [-0.39, 0.29) is 11.7 Å². The topological polar surface area (TPSA) is 51.5 Å². The lowest BCUT2D eigenvalue weighted by molar-refractivity contribution is 0.0998. The van der Waals surface area contributed by atoms with Crippen LogP contribution in [0.25, 0.3) is 11.0 Å². The Bertz CT molecular complexity index is 904. The van der Waals surface area contributed by atoms with Crippen LogP contribution in [0.2, 0.25) is 5.02 Å². The van der Waals surface area contributed by atoms with Crippen LogP contribution in [0.5, 0.6) is 5.75 Å². The zero-order chi connectivity index (χ0) is 16.6. The van der Waals surface area contributed by atoms with E-state index in [9.17, 15) is 4.79 Å². The molecule has 0 saturated heterocycles. The molecule has 1 heterocycles. The fourth-order valence-electron chi connectivity index (χ4n) is 2.24. The second kappa shape index (κ2) is 6.26. The van der Waals surface area contributed by atoms with E-state index in [4.69, 9.17) is 20.8 Å². The Kier molecular flexibility index (Phi) is 4.33. The van der Waals surface area contributed by atoms with Gasteiger partial charge in [0.25, 0.3) is 5.91 Å². The largest absolute Gasteiger partial charge is 0.495 e. The summed E-state index contributed by atoms with van der Waals surface area (Å²) in [6.45, 7) is 1.86. The molecule has 0 saturated carbocycles. The summed E-state index contributed by atoms with van der Waals surface area (Å²) < 4.78 is 11.8. The van der Waals surface area contributed by atoms with Gasteiger partial charge in [0.2, 0.25) is 0 Å². The molecule has 0 spiro atoms. The van der Waals surface area contributed by atoms with E-state index >= 15 is 0 Å². The maximum atomic E-state index is 12.4. The molecule has 0 unspecified atom stereocenters. The first kappa shape index (κ1) is 15.9. The highest BCUT2D eigenvalue weighted by Gasteiger charge is 2.16. The third kappa shape index (κ3) is 3.21. The summed E-state index contributed by atoms with van der Waals surface area (Å²) >= 11 is 9.47. The van der Waals surface area contributed by atoms with Crippen LogP contribution < -0.4 is 10.1 Å². The molecule has 2 aromatic carbocycles. The molecule has 23 heavy (non-hydrogen) atoms. The van der Waals surface area contributed by atoms with Crippen molar-refractivity contribution in [3.8, 4) is 5.75 Å². The smallest absolute Gasteiger partial charge is 0.291 e. The number of fused-ring (bicyclic) bond motifs is 1. The number of hydrogen-bond donors (Lipinski definition) is 1. The highest BCUT2D eigenvalue weighted by atomic mass is 79.9. The predicted molar refractivity (Wildman–Crippen MR) is 94.6 cm³/mol. The number of carbonyl (C=O) groups excluding carboxylic acids is 1. The molecular weight excluding hydrogens is 382 g/mol. The molecule has 0 bridgehead atoms. The molecule has 3 aromatic rings. The van der Waals surface area contributed by atoms with Gasteiger partial charge in [-0.15, -0.1) is 0 Å². The number of aryl methyl sites for hydroxylation is 1. The molecule has 0 aliphatic carbocycles. The van der Waals surface area contributed by atoms with Crippen molar-refractivity contribution in [3.05, 3.63) is 57.2 Å². The first-order valence-corrected chi connectivity index (χ1v) is 7.99. The molecular formula is C17H13BrClNO3. The van der Waals surface area contributed by atoms with E-state index < -0.39 is 0 Å². The van der Waals surface area contributed by atoms with Gasteiger partial charge in [-0.05, 0) is 42.8 Å². The van der Waals surface area contributed by atoms with E-state index in [2.05, 4.69) is 21.2 Å². The predicted octanol–water partition coefficient (Wildman–Crippen LogP) is 5.42. The zero-order valence-electron chi connectivity index (χ0n) is 12.4. The minimum atomic E-state index is -0.350. The van der Waals surface area contributed by atoms with Gasteiger partial charge < -0.3 is 14.5 Å². The van der Waals surface area contributed by atoms with E-state index in [0.29, 0.717) is 22.0 Å². The van der Waals surface area contributed by atoms with Gasteiger partial charge in [0.15, 0.2) is 5.76 Å². The van der Waals surface area contributed by atoms with Gasteiger partial charge >= 0.3 is 0 Å². The second-order valence-corrected chi connectivity index (χ2v) is 6.37. The maximum absolute atomic E-state index is 12.4. The number of hydrogen-bond acceptors (Lipinski definition) is 3. The molecule has 118 valence electrons. The highest BCUT2D eigenvalue weighted by Crippen LogP contribution is 2.31. The maximum Gasteiger partial charge on any atom is 0.291 e. The van der Waals surface area contributed by atoms with Gasteiger partial charge in [-0.25, -0.2) is 0 Å². The summed E-state index contributed by atoms with van der Waals surface area (Å²) in [5.74, 6) is 0.373. The number of anilines is 1. The van der Waals surface area contributed by atoms with Crippen molar-refractivity contribution in [2.45, 2.75) is 6.92 Å². The van der Waals surface area contributed by atoms with E-state index in [1.165, 1.54) is 7.11 Å². The van der Waals surface area contributed by atoms with Gasteiger partial charge in [-0.2, -0.15) is 0 Å². The van der Waals surface area contributed by atoms with Crippen LogP contribution in [0.15, 0.2) is 45.3 Å². The monoisotopic (exact) mass is 393 g/mol. The summed E-state index contributed by atoms with van der Waals surface area (Å²) in [7, 11) is 1.52. The van der Waals surface area contributed by atoms with Gasteiger partial charge in [-0.3, -0.25) is 4.79 Å². The quantitative estimate of drug-likeness (QED) is 0.645. The van der Waals surface area contributed by atoms with Crippen molar-refractivity contribution in [1.82, 2.24) is 0 Å². The van der Waals surface area contributed by atoms with Crippen LogP contribution >= 0.6 is 27.5 Å². The van der Waals surface area contributed by atoms with E-state index in [0.717, 1.165) is 15.4 Å². The number of halogens is 2. The molecule has 0 aliphatic rings. The van der Waals surface area contributed by atoms with Crippen LogP contribution in [-0.4, -0.2) is 13.0 Å². The lowest BCUT2D eigenvalue weighted by Crippen LogP contribution is -2.12. The summed E-state index contributed by atoms with van der Waals surface area (Å²) in [6, 6.07) is 10.7. The van der Waals surface area contributed by atoms with Crippen molar-refractivity contribution in [3.63, 3.8) is 0 Å². The van der Waals surface area contributed by atoms with Gasteiger partial charge in [-0.1, -0.05) is 27.5 Å². The number of carbonyl (C=O) groups is 1. The van der Waals surface area contributed by atoms with Crippen LogP contribution in [0.4, 0.5) is 5.69 Å². The Morgan fingerprint density at radius 2 is 2.04 bits per heavy atom. The Morgan fingerprint density at radius 3 is 2.78 bits per heavy atom. The number of nitrogens with one attached hydrogen (secondary N) is 1. The fourth-order valence-corrected chi connectivity index (χ4v) is 2.77. The normalized spacial score (nSPS) is 10.8. The fraction of sp³-hybridized carbons (Fsp3) is 0.118. The summed E-state index contributed by atoms with van der Waals surface area (Å²) in [4.78, 5) is 12.4. The molecule has 1 aromatic heterocycles. The van der Waals surface area contributed by atoms with E-state index in [1.54, 1.807) is 18.2 Å². The molecule has 1 N–H and O–H groups in total. The van der Waals surface area contributed by atoms with Gasteiger partial charge in [0, 0.05) is 20.9 Å². The number of benzene rings is 2. The number of methoxy groups -OCH3 is 1. The highest BCUT2D eigenvalue weighted by molar-refractivity contribution is 9.10. The number of amides is 1. The summed E-state index contributed by atoms with van der Waals surface area (Å²) in [6.07, 6.45) is 0. The molecule has 1 amide bonds. The number of rotatable bonds is 3. The second-order valence-electron chi connectivity index (χ2n) is 5.05. The van der Waals surface area contributed by atoms with Crippen molar-refractivity contribution in [2.75, 3.05) is 12.4 Å². The van der Waals surface area contributed by atoms with Gasteiger partial charge in [0.1, 0.15) is 11.3 Å². The minimum Gasteiger partial charge on any atom is -0.495 e. The standard InChI is InChI=1S/C17H13BrClNO3/c1-9-5-13(15(22-2)8-12(9)19)20-17(21)16-7-10-6-11(18)3-4-14(10)23-16/h3-8H,1-2H3,(H,20,21). The van der Waals surface area contributed by atoms with Crippen LogP contribution in [-0.2, 0) is 0 Å². The van der Waals surface area contributed by atoms with Crippen LogP contribution in [0.1, 0.15) is 16.1 Å². The lowest BCUT2D eigenvalue weighted by atomic mass is 10.2. The SMILES string of the molecule is COc1cc(Cl)c(C)cc1NC(=O)c1cc2cc(Br)ccc2o1. The van der Waals surface area contributed by atoms with Gasteiger partial charge in [0.05, 0.1) is 12.8 Å². The number of ether oxygens (including phenoxy) is 1. The molecule has 0 fully saturated rings. The molecule has 0 atom stereocenters. The Labute approximate surface area is 146 Å². The van der Waals surface area contributed by atoms with Crippen molar-refractivity contribution in [1.29, 1.82) is 0 Å². The Hall–Kier alpha value is -1.98. The first-order chi connectivity index (χ1) is 11.0. The molecule has 4 nitrogen and oxygen atoms in total. The number of furan rings is 1. The minimum absolute atomic E-state index is 0.229. The van der Waals surface area contributed by atoms with Crippen LogP contribution in [0, 0.1) is 6.92 Å². The zero-order valence-corrected chi connectivity index (χ0v) is 14.8. The van der Waals surface area contributed by atoms with Crippen molar-refractivity contribution >= 4 is 50.1 Å². The van der Waals surface area contributed by atoms with Crippen LogP contribution in [0.3, 0.4) is 0 Å². The summed E-state index contributed by atoms with van der Waals surface area (Å²) in [5, 5.41) is 4.22. The lowest BCUT2D eigenvalue weighted by Gasteiger charge is -2.11. The average molecular weight is 395 g/mol. The van der Waals surface area contributed by atoms with Crippen molar-refractivity contribution < 1.29 is 13.9 Å². The molecule has 6 heteroatoms.